The van der Waals surface area contributed by atoms with Crippen molar-refractivity contribution in [3.8, 4) is 0 Å². The van der Waals surface area contributed by atoms with Crippen LogP contribution in [0.3, 0.4) is 0 Å². The lowest BCUT2D eigenvalue weighted by Crippen LogP contribution is -2.14. The van der Waals surface area contributed by atoms with Crippen LogP contribution in [0.4, 0.5) is 0 Å². The summed E-state index contributed by atoms with van der Waals surface area (Å²) in [4.78, 5) is 0. The zero-order valence-electron chi connectivity index (χ0n) is 7.50. The Bertz CT molecular complexity index is 220. The molecule has 0 N–H and O–H groups in total. The van der Waals surface area contributed by atoms with E-state index in [0.29, 0.717) is 5.92 Å². The van der Waals surface area contributed by atoms with Gasteiger partial charge in [0.1, 0.15) is 0 Å². The predicted octanol–water partition coefficient (Wildman–Crippen LogP) is 3.48. The summed E-state index contributed by atoms with van der Waals surface area (Å²) >= 11 is 0. The molecule has 0 heteroatoms. The average Bonchev–Trinajstić information content (AvgIpc) is 2.56. The molecule has 1 fully saturated rings. The van der Waals surface area contributed by atoms with Gasteiger partial charge in [0, 0.05) is 0 Å². The molecule has 2 aliphatic carbocycles. The smallest absolute Gasteiger partial charge is 0.00159 e. The highest BCUT2D eigenvalue weighted by Gasteiger charge is 2.22. The molecule has 2 aliphatic rings. The van der Waals surface area contributed by atoms with Crippen molar-refractivity contribution in [2.75, 3.05) is 0 Å². The Morgan fingerprint density at radius 3 is 2.67 bits per heavy atom. The molecule has 2 rings (SSSR count). The fourth-order valence-corrected chi connectivity index (χ4v) is 2.28. The van der Waals surface area contributed by atoms with E-state index in [9.17, 15) is 0 Å². The highest BCUT2D eigenvalue weighted by atomic mass is 14.3. The molecule has 0 bridgehead atoms. The van der Waals surface area contributed by atoms with Crippen LogP contribution < -0.4 is 0 Å². The average molecular weight is 160 g/mol. The summed E-state index contributed by atoms with van der Waals surface area (Å²) in [7, 11) is 0. The summed E-state index contributed by atoms with van der Waals surface area (Å²) in [6.07, 6.45) is 14.2. The molecule has 0 aliphatic heterocycles. The van der Waals surface area contributed by atoms with Crippen molar-refractivity contribution < 1.29 is 0 Å². The summed E-state index contributed by atoms with van der Waals surface area (Å²) < 4.78 is 0. The van der Waals surface area contributed by atoms with Crippen LogP contribution >= 0.6 is 0 Å². The Hall–Kier alpha value is -0.780. The second-order valence-corrected chi connectivity index (χ2v) is 3.95. The third-order valence-electron chi connectivity index (χ3n) is 2.98. The van der Waals surface area contributed by atoms with Crippen LogP contribution in [0, 0.1) is 11.8 Å². The highest BCUT2D eigenvalue weighted by molar-refractivity contribution is 5.20. The Morgan fingerprint density at radius 1 is 1.25 bits per heavy atom. The van der Waals surface area contributed by atoms with Gasteiger partial charge in [0.2, 0.25) is 0 Å². The normalized spacial score (nSPS) is 30.0. The van der Waals surface area contributed by atoms with E-state index in [0.717, 1.165) is 5.92 Å². The standard InChI is InChI=1S/C12H16/c1-10-5-4-8-12(9-10)11-6-2-3-7-11/h2-3,6-7,11-12H,1,4-5,8-9H2. The largest absolute Gasteiger partial charge is 0.0999 e. The quantitative estimate of drug-likeness (QED) is 0.515. The molecule has 0 amide bonds. The fourth-order valence-electron chi connectivity index (χ4n) is 2.28. The summed E-state index contributed by atoms with van der Waals surface area (Å²) in [5, 5.41) is 0. The molecule has 0 radical (unpaired) electrons. The number of hydrogen-bond acceptors (Lipinski definition) is 0. The highest BCUT2D eigenvalue weighted by Crippen LogP contribution is 2.35. The first-order valence-electron chi connectivity index (χ1n) is 4.88. The molecule has 0 heterocycles. The molecule has 0 aromatic rings. The molecule has 1 atom stereocenters. The van der Waals surface area contributed by atoms with Crippen molar-refractivity contribution in [2.45, 2.75) is 25.7 Å². The Labute approximate surface area is 74.7 Å². The predicted molar refractivity (Wildman–Crippen MR) is 52.9 cm³/mol. The molecule has 0 aromatic carbocycles. The zero-order valence-corrected chi connectivity index (χ0v) is 7.50. The van der Waals surface area contributed by atoms with Gasteiger partial charge in [-0.2, -0.15) is 0 Å². The van der Waals surface area contributed by atoms with Gasteiger partial charge in [-0.1, -0.05) is 36.5 Å². The minimum atomic E-state index is 0.710. The summed E-state index contributed by atoms with van der Waals surface area (Å²) in [5.74, 6) is 1.56. The van der Waals surface area contributed by atoms with Crippen LogP contribution in [0.5, 0.6) is 0 Å². The molecular weight excluding hydrogens is 144 g/mol. The van der Waals surface area contributed by atoms with E-state index >= 15 is 0 Å². The van der Waals surface area contributed by atoms with E-state index in [2.05, 4.69) is 30.9 Å². The molecule has 0 aromatic heterocycles. The van der Waals surface area contributed by atoms with Crippen molar-refractivity contribution in [1.82, 2.24) is 0 Å². The minimum Gasteiger partial charge on any atom is -0.0999 e. The van der Waals surface area contributed by atoms with Crippen LogP contribution in [-0.4, -0.2) is 0 Å². The monoisotopic (exact) mass is 160 g/mol. The minimum absolute atomic E-state index is 0.710. The van der Waals surface area contributed by atoms with Crippen LogP contribution in [0.1, 0.15) is 25.7 Å². The third-order valence-corrected chi connectivity index (χ3v) is 2.98. The molecule has 64 valence electrons. The van der Waals surface area contributed by atoms with Crippen molar-refractivity contribution in [3.05, 3.63) is 36.5 Å². The molecule has 0 spiro atoms. The van der Waals surface area contributed by atoms with Gasteiger partial charge < -0.3 is 0 Å². The number of rotatable bonds is 1. The van der Waals surface area contributed by atoms with Crippen LogP contribution in [0.2, 0.25) is 0 Å². The van der Waals surface area contributed by atoms with Crippen molar-refractivity contribution >= 4 is 0 Å². The maximum atomic E-state index is 4.09. The maximum Gasteiger partial charge on any atom is -0.00159 e. The van der Waals surface area contributed by atoms with Gasteiger partial charge in [-0.3, -0.25) is 0 Å². The Morgan fingerprint density at radius 2 is 2.00 bits per heavy atom. The van der Waals surface area contributed by atoms with Gasteiger partial charge in [-0.05, 0) is 37.5 Å². The van der Waals surface area contributed by atoms with E-state index in [1.54, 1.807) is 0 Å². The molecule has 1 saturated carbocycles. The molecule has 1 unspecified atom stereocenters. The van der Waals surface area contributed by atoms with E-state index in [1.807, 2.05) is 0 Å². The summed E-state index contributed by atoms with van der Waals surface area (Å²) in [6.45, 7) is 4.09. The second kappa shape index (κ2) is 3.30. The first-order valence-corrected chi connectivity index (χ1v) is 4.88. The van der Waals surface area contributed by atoms with E-state index in [-0.39, 0.29) is 0 Å². The molecule has 12 heavy (non-hydrogen) atoms. The number of hydrogen-bond donors (Lipinski definition) is 0. The first-order chi connectivity index (χ1) is 5.86. The van der Waals surface area contributed by atoms with Gasteiger partial charge in [-0.25, -0.2) is 0 Å². The lowest BCUT2D eigenvalue weighted by Gasteiger charge is -2.26. The SMILES string of the molecule is C=C1CCCC(C2C=CC=C2)C1. The Balaban J connectivity index is 1.98. The van der Waals surface area contributed by atoms with Gasteiger partial charge in [0.15, 0.2) is 0 Å². The van der Waals surface area contributed by atoms with Crippen molar-refractivity contribution in [1.29, 1.82) is 0 Å². The third kappa shape index (κ3) is 1.52. The Kier molecular flexibility index (Phi) is 2.16. The van der Waals surface area contributed by atoms with E-state index in [4.69, 9.17) is 0 Å². The first kappa shape index (κ1) is 7.85. The van der Waals surface area contributed by atoms with Gasteiger partial charge >= 0.3 is 0 Å². The topological polar surface area (TPSA) is 0 Å². The van der Waals surface area contributed by atoms with Crippen LogP contribution in [-0.2, 0) is 0 Å². The van der Waals surface area contributed by atoms with E-state index < -0.39 is 0 Å². The number of allylic oxidation sites excluding steroid dienone is 5. The van der Waals surface area contributed by atoms with Crippen molar-refractivity contribution in [2.24, 2.45) is 11.8 Å². The summed E-state index contributed by atoms with van der Waals surface area (Å²) in [5.41, 5.74) is 1.46. The van der Waals surface area contributed by atoms with Crippen LogP contribution in [0.15, 0.2) is 36.5 Å². The lowest BCUT2D eigenvalue weighted by atomic mass is 9.79. The van der Waals surface area contributed by atoms with Crippen LogP contribution in [0.25, 0.3) is 0 Å². The molecule has 0 nitrogen and oxygen atoms in total. The molecular formula is C12H16. The summed E-state index contributed by atoms with van der Waals surface area (Å²) in [6, 6.07) is 0. The zero-order chi connectivity index (χ0) is 8.39. The maximum absolute atomic E-state index is 4.09. The second-order valence-electron chi connectivity index (χ2n) is 3.95. The van der Waals surface area contributed by atoms with Gasteiger partial charge in [0.25, 0.3) is 0 Å². The fraction of sp³-hybridized carbons (Fsp3) is 0.500. The van der Waals surface area contributed by atoms with E-state index in [1.165, 1.54) is 31.3 Å². The lowest BCUT2D eigenvalue weighted by molar-refractivity contribution is 0.371. The molecule has 0 saturated heterocycles. The van der Waals surface area contributed by atoms with Gasteiger partial charge in [-0.15, -0.1) is 0 Å². The van der Waals surface area contributed by atoms with Crippen molar-refractivity contribution in [3.63, 3.8) is 0 Å². The van der Waals surface area contributed by atoms with Gasteiger partial charge in [0.05, 0.1) is 0 Å².